The van der Waals surface area contributed by atoms with Crippen molar-refractivity contribution in [3.63, 3.8) is 0 Å². The highest BCUT2D eigenvalue weighted by Crippen LogP contribution is 2.35. The maximum Gasteiger partial charge on any atom is 0.294 e. The van der Waals surface area contributed by atoms with Crippen LogP contribution in [0.25, 0.3) is 0 Å². The Balaban J connectivity index is 2.31. The van der Waals surface area contributed by atoms with Gasteiger partial charge in [-0.1, -0.05) is 18.5 Å². The van der Waals surface area contributed by atoms with Crippen molar-refractivity contribution in [1.82, 2.24) is 0 Å². The van der Waals surface area contributed by atoms with E-state index < -0.39 is 0 Å². The molecule has 0 aromatic heterocycles. The summed E-state index contributed by atoms with van der Waals surface area (Å²) in [7, 11) is 0. The predicted molar refractivity (Wildman–Crippen MR) is 86.0 cm³/mol. The molecule has 0 radical (unpaired) electrons. The number of nitrogens with two attached hydrogens (primary N) is 1. The standard InChI is InChI=1S/C15H22ClN3O2/c1-2-9-18(13-6-4-12(17)5-7-13)14-8-3-11(16)10-15(14)19(20)21/h3,8,10,12-13H,2,4-7,9,17H2,1H3. The van der Waals surface area contributed by atoms with E-state index in [2.05, 4.69) is 11.8 Å². The lowest BCUT2D eigenvalue weighted by Crippen LogP contribution is -2.41. The molecule has 2 N–H and O–H groups in total. The van der Waals surface area contributed by atoms with E-state index in [1.54, 1.807) is 12.1 Å². The van der Waals surface area contributed by atoms with Crippen LogP contribution >= 0.6 is 11.6 Å². The van der Waals surface area contributed by atoms with Crippen LogP contribution in [0.3, 0.4) is 0 Å². The lowest BCUT2D eigenvalue weighted by Gasteiger charge is -2.37. The van der Waals surface area contributed by atoms with Crippen molar-refractivity contribution in [1.29, 1.82) is 0 Å². The van der Waals surface area contributed by atoms with Gasteiger partial charge in [0.25, 0.3) is 5.69 Å². The number of hydrogen-bond donors (Lipinski definition) is 1. The van der Waals surface area contributed by atoms with Gasteiger partial charge in [-0.15, -0.1) is 0 Å². The number of rotatable bonds is 5. The van der Waals surface area contributed by atoms with Crippen molar-refractivity contribution in [3.8, 4) is 0 Å². The van der Waals surface area contributed by atoms with Crippen LogP contribution in [0.2, 0.25) is 5.02 Å². The van der Waals surface area contributed by atoms with Gasteiger partial charge in [0, 0.05) is 29.7 Å². The van der Waals surface area contributed by atoms with Crippen molar-refractivity contribution in [3.05, 3.63) is 33.3 Å². The molecule has 0 bridgehead atoms. The summed E-state index contributed by atoms with van der Waals surface area (Å²) in [4.78, 5) is 13.1. The molecular formula is C15H22ClN3O2. The van der Waals surface area contributed by atoms with Crippen LogP contribution in [0.5, 0.6) is 0 Å². The molecule has 1 fully saturated rings. The summed E-state index contributed by atoms with van der Waals surface area (Å²) in [6.07, 6.45) is 4.88. The van der Waals surface area contributed by atoms with Gasteiger partial charge in [0.15, 0.2) is 0 Å². The zero-order valence-electron chi connectivity index (χ0n) is 12.3. The first-order valence-corrected chi connectivity index (χ1v) is 7.87. The molecule has 6 heteroatoms. The van der Waals surface area contributed by atoms with Crippen LogP contribution in [-0.2, 0) is 0 Å². The van der Waals surface area contributed by atoms with Gasteiger partial charge < -0.3 is 10.6 Å². The van der Waals surface area contributed by atoms with E-state index in [4.69, 9.17) is 17.3 Å². The second-order valence-electron chi connectivity index (χ2n) is 5.65. The highest BCUT2D eigenvalue weighted by atomic mass is 35.5. The largest absolute Gasteiger partial charge is 0.363 e. The summed E-state index contributed by atoms with van der Waals surface area (Å²) >= 11 is 5.91. The van der Waals surface area contributed by atoms with Gasteiger partial charge in [0.05, 0.1) is 4.92 Å². The number of nitrogens with zero attached hydrogens (tertiary/aromatic N) is 2. The third-order valence-electron chi connectivity index (χ3n) is 4.09. The summed E-state index contributed by atoms with van der Waals surface area (Å²) in [6, 6.07) is 5.52. The Morgan fingerprint density at radius 1 is 1.38 bits per heavy atom. The number of nitro groups is 1. The van der Waals surface area contributed by atoms with Gasteiger partial charge >= 0.3 is 0 Å². The third-order valence-corrected chi connectivity index (χ3v) is 4.33. The first-order valence-electron chi connectivity index (χ1n) is 7.49. The smallest absolute Gasteiger partial charge is 0.294 e. The van der Waals surface area contributed by atoms with Gasteiger partial charge in [-0.3, -0.25) is 10.1 Å². The number of halogens is 1. The summed E-state index contributed by atoms with van der Waals surface area (Å²) in [5, 5.41) is 11.7. The molecule has 21 heavy (non-hydrogen) atoms. The van der Waals surface area contributed by atoms with Crippen LogP contribution < -0.4 is 10.6 Å². The van der Waals surface area contributed by atoms with Gasteiger partial charge in [-0.05, 0) is 44.2 Å². The SMILES string of the molecule is CCCN(c1ccc(Cl)cc1[N+](=O)[O-])C1CCC(N)CC1. The van der Waals surface area contributed by atoms with E-state index in [0.717, 1.165) is 38.6 Å². The first-order chi connectivity index (χ1) is 10.0. The Kier molecular flexibility index (Phi) is 5.42. The highest BCUT2D eigenvalue weighted by Gasteiger charge is 2.28. The maximum absolute atomic E-state index is 11.3. The maximum atomic E-state index is 11.3. The molecule has 0 spiro atoms. The molecule has 0 heterocycles. The fourth-order valence-corrected chi connectivity index (χ4v) is 3.21. The van der Waals surface area contributed by atoms with E-state index in [-0.39, 0.29) is 16.7 Å². The summed E-state index contributed by atoms with van der Waals surface area (Å²) in [5.74, 6) is 0. The van der Waals surface area contributed by atoms with Crippen molar-refractivity contribution in [2.45, 2.75) is 51.1 Å². The molecule has 116 valence electrons. The Hall–Kier alpha value is -1.33. The van der Waals surface area contributed by atoms with E-state index in [0.29, 0.717) is 16.8 Å². The first kappa shape index (κ1) is 16.0. The van der Waals surface area contributed by atoms with Crippen molar-refractivity contribution in [2.24, 2.45) is 5.73 Å². The predicted octanol–water partition coefficient (Wildman–Crippen LogP) is 3.73. The monoisotopic (exact) mass is 311 g/mol. The minimum Gasteiger partial charge on any atom is -0.363 e. The zero-order chi connectivity index (χ0) is 15.4. The molecule has 5 nitrogen and oxygen atoms in total. The number of benzene rings is 1. The molecule has 1 aliphatic carbocycles. The number of nitro benzene ring substituents is 1. The summed E-state index contributed by atoms with van der Waals surface area (Å²) in [5.41, 5.74) is 6.73. The van der Waals surface area contributed by atoms with Gasteiger partial charge in [0.2, 0.25) is 0 Å². The third kappa shape index (κ3) is 3.86. The van der Waals surface area contributed by atoms with Gasteiger partial charge in [-0.2, -0.15) is 0 Å². The molecule has 0 saturated heterocycles. The molecule has 1 aromatic rings. The van der Waals surface area contributed by atoms with Crippen molar-refractivity contribution >= 4 is 23.0 Å². The van der Waals surface area contributed by atoms with E-state index in [1.165, 1.54) is 6.07 Å². The second-order valence-corrected chi connectivity index (χ2v) is 6.09. The fraction of sp³-hybridized carbons (Fsp3) is 0.600. The van der Waals surface area contributed by atoms with Crippen LogP contribution in [0.1, 0.15) is 39.0 Å². The topological polar surface area (TPSA) is 72.4 Å². The Morgan fingerprint density at radius 3 is 2.62 bits per heavy atom. The van der Waals surface area contributed by atoms with Crippen LogP contribution in [0.4, 0.5) is 11.4 Å². The Labute approximate surface area is 130 Å². The molecule has 0 atom stereocenters. The molecule has 1 aromatic carbocycles. The lowest BCUT2D eigenvalue weighted by atomic mass is 9.90. The highest BCUT2D eigenvalue weighted by molar-refractivity contribution is 6.30. The van der Waals surface area contributed by atoms with E-state index >= 15 is 0 Å². The van der Waals surface area contributed by atoms with Gasteiger partial charge in [0.1, 0.15) is 5.69 Å². The Morgan fingerprint density at radius 2 is 2.05 bits per heavy atom. The van der Waals surface area contributed by atoms with Crippen molar-refractivity contribution < 1.29 is 4.92 Å². The second kappa shape index (κ2) is 7.09. The molecule has 0 unspecified atom stereocenters. The quantitative estimate of drug-likeness (QED) is 0.664. The van der Waals surface area contributed by atoms with E-state index in [1.807, 2.05) is 0 Å². The van der Waals surface area contributed by atoms with Crippen LogP contribution in [0.15, 0.2) is 18.2 Å². The van der Waals surface area contributed by atoms with Crippen LogP contribution in [0, 0.1) is 10.1 Å². The number of hydrogen-bond acceptors (Lipinski definition) is 4. The fourth-order valence-electron chi connectivity index (χ4n) is 3.04. The minimum atomic E-state index is -0.349. The van der Waals surface area contributed by atoms with E-state index in [9.17, 15) is 10.1 Å². The minimum absolute atomic E-state index is 0.0887. The molecule has 1 saturated carbocycles. The lowest BCUT2D eigenvalue weighted by molar-refractivity contribution is -0.384. The zero-order valence-corrected chi connectivity index (χ0v) is 13.1. The molecule has 1 aliphatic rings. The van der Waals surface area contributed by atoms with Crippen molar-refractivity contribution in [2.75, 3.05) is 11.4 Å². The summed E-state index contributed by atoms with van der Waals surface area (Å²) < 4.78 is 0. The Bertz CT molecular complexity index is 502. The number of anilines is 1. The molecule has 0 aliphatic heterocycles. The molecule has 2 rings (SSSR count). The summed E-state index contributed by atoms with van der Waals surface area (Å²) in [6.45, 7) is 2.89. The molecular weight excluding hydrogens is 290 g/mol. The molecule has 0 amide bonds. The normalized spacial score (nSPS) is 22.0. The van der Waals surface area contributed by atoms with Gasteiger partial charge in [-0.25, -0.2) is 0 Å². The average molecular weight is 312 g/mol. The van der Waals surface area contributed by atoms with Crippen LogP contribution in [-0.4, -0.2) is 23.6 Å². The average Bonchev–Trinajstić information content (AvgIpc) is 2.46.